The second-order valence-electron chi connectivity index (χ2n) is 6.66. The van der Waals surface area contributed by atoms with E-state index in [0.717, 1.165) is 0 Å². The van der Waals surface area contributed by atoms with E-state index < -0.39 is 11.1 Å². The predicted molar refractivity (Wildman–Crippen MR) is 84.3 cm³/mol. The Kier molecular flexibility index (Phi) is 6.19. The number of hydrogen-bond donors (Lipinski definition) is 3. The summed E-state index contributed by atoms with van der Waals surface area (Å²) in [6.07, 6.45) is 1.30. The normalized spacial score (nSPS) is 23.8. The minimum atomic E-state index is -0.586. The third-order valence-electron chi connectivity index (χ3n) is 4.09. The highest BCUT2D eigenvalue weighted by Gasteiger charge is 2.54. The molecule has 0 aromatic carbocycles. The molecule has 1 aliphatic heterocycles. The highest BCUT2D eigenvalue weighted by Crippen LogP contribution is 2.43. The predicted octanol–water partition coefficient (Wildman–Crippen LogP) is 1.27. The van der Waals surface area contributed by atoms with Gasteiger partial charge in [-0.15, -0.1) is 0 Å². The third-order valence-corrected chi connectivity index (χ3v) is 4.60. The standard InChI is InChI=1S/C14H26BrN3O3/c1-13(2)8-10(14(3,4)18(13)21)12(20)17-7-5-6-16-11(19)9-15/h10,21H,5-9H2,1-4H3,(H,16,19)(H,17,20)/t10-/m0/s1. The van der Waals surface area contributed by atoms with Gasteiger partial charge in [0.1, 0.15) is 0 Å². The van der Waals surface area contributed by atoms with Gasteiger partial charge in [0.25, 0.3) is 0 Å². The van der Waals surface area contributed by atoms with Crippen LogP contribution in [0, 0.1) is 5.92 Å². The van der Waals surface area contributed by atoms with Gasteiger partial charge >= 0.3 is 0 Å². The number of hydroxylamine groups is 2. The first-order valence-corrected chi connectivity index (χ1v) is 8.34. The summed E-state index contributed by atoms with van der Waals surface area (Å²) in [5, 5.41) is 17.4. The Morgan fingerprint density at radius 2 is 1.81 bits per heavy atom. The Bertz CT molecular complexity index is 399. The van der Waals surface area contributed by atoms with Crippen molar-refractivity contribution in [3.05, 3.63) is 0 Å². The molecule has 0 aromatic heterocycles. The molecule has 0 radical (unpaired) electrons. The quantitative estimate of drug-likeness (QED) is 0.490. The van der Waals surface area contributed by atoms with Crippen LogP contribution in [0.25, 0.3) is 0 Å². The molecular weight excluding hydrogens is 338 g/mol. The maximum Gasteiger partial charge on any atom is 0.230 e. The first kappa shape index (κ1) is 18.4. The number of nitrogens with zero attached hydrogens (tertiary/aromatic N) is 1. The molecule has 1 heterocycles. The number of carbonyl (C=O) groups is 2. The van der Waals surface area contributed by atoms with E-state index in [2.05, 4.69) is 26.6 Å². The maximum absolute atomic E-state index is 12.3. The molecule has 1 aliphatic rings. The van der Waals surface area contributed by atoms with Gasteiger partial charge in [-0.25, -0.2) is 0 Å². The van der Waals surface area contributed by atoms with Gasteiger partial charge in [-0.3, -0.25) is 9.59 Å². The van der Waals surface area contributed by atoms with Crippen LogP contribution < -0.4 is 10.6 Å². The number of rotatable bonds is 6. The van der Waals surface area contributed by atoms with E-state index in [1.165, 1.54) is 5.06 Å². The molecule has 1 saturated heterocycles. The van der Waals surface area contributed by atoms with Crippen LogP contribution in [0.4, 0.5) is 0 Å². The highest BCUT2D eigenvalue weighted by molar-refractivity contribution is 9.09. The third kappa shape index (κ3) is 4.40. The van der Waals surface area contributed by atoms with Crippen molar-refractivity contribution in [3.8, 4) is 0 Å². The van der Waals surface area contributed by atoms with Gasteiger partial charge in [-0.1, -0.05) is 15.9 Å². The van der Waals surface area contributed by atoms with E-state index in [-0.39, 0.29) is 23.1 Å². The monoisotopic (exact) mass is 363 g/mol. The van der Waals surface area contributed by atoms with Crippen LogP contribution in [0.1, 0.15) is 40.5 Å². The van der Waals surface area contributed by atoms with Crippen molar-refractivity contribution in [2.24, 2.45) is 5.92 Å². The van der Waals surface area contributed by atoms with E-state index in [1.807, 2.05) is 27.7 Å². The lowest BCUT2D eigenvalue weighted by Gasteiger charge is -2.35. The molecule has 0 aliphatic carbocycles. The zero-order chi connectivity index (χ0) is 16.3. The number of amides is 2. The summed E-state index contributed by atoms with van der Waals surface area (Å²) in [7, 11) is 0. The second-order valence-corrected chi connectivity index (χ2v) is 7.22. The molecule has 21 heavy (non-hydrogen) atoms. The number of halogens is 1. The van der Waals surface area contributed by atoms with Crippen molar-refractivity contribution in [1.82, 2.24) is 15.7 Å². The average molecular weight is 364 g/mol. The van der Waals surface area contributed by atoms with Gasteiger partial charge in [0.15, 0.2) is 0 Å². The van der Waals surface area contributed by atoms with Crippen LogP contribution in [-0.4, -0.2) is 51.6 Å². The fourth-order valence-corrected chi connectivity index (χ4v) is 3.07. The SMILES string of the molecule is CC1(C)C[C@@H](C(=O)NCCCNC(=O)CBr)C(C)(C)N1O. The van der Waals surface area contributed by atoms with Crippen molar-refractivity contribution in [2.45, 2.75) is 51.6 Å². The van der Waals surface area contributed by atoms with Gasteiger partial charge in [-0.2, -0.15) is 5.06 Å². The van der Waals surface area contributed by atoms with Crippen LogP contribution in [0.15, 0.2) is 0 Å². The molecule has 1 fully saturated rings. The first-order chi connectivity index (χ1) is 9.63. The molecule has 1 atom stereocenters. The fraction of sp³-hybridized carbons (Fsp3) is 0.857. The summed E-state index contributed by atoms with van der Waals surface area (Å²) in [5.74, 6) is -0.359. The molecule has 2 amide bonds. The smallest absolute Gasteiger partial charge is 0.230 e. The Morgan fingerprint density at radius 3 is 2.29 bits per heavy atom. The Balaban J connectivity index is 2.41. The van der Waals surface area contributed by atoms with E-state index in [1.54, 1.807) is 0 Å². The van der Waals surface area contributed by atoms with Crippen molar-refractivity contribution < 1.29 is 14.8 Å². The lowest BCUT2D eigenvalue weighted by atomic mass is 9.86. The van der Waals surface area contributed by atoms with Crippen molar-refractivity contribution in [1.29, 1.82) is 0 Å². The summed E-state index contributed by atoms with van der Waals surface area (Å²) in [5.41, 5.74) is -0.993. The van der Waals surface area contributed by atoms with Crippen LogP contribution in [0.2, 0.25) is 0 Å². The minimum absolute atomic E-state index is 0.0450. The lowest BCUT2D eigenvalue weighted by Crippen LogP contribution is -2.50. The number of hydrogen-bond acceptors (Lipinski definition) is 4. The van der Waals surface area contributed by atoms with Crippen LogP contribution >= 0.6 is 15.9 Å². The van der Waals surface area contributed by atoms with Crippen molar-refractivity contribution in [2.75, 3.05) is 18.4 Å². The summed E-state index contributed by atoms with van der Waals surface area (Å²) in [6.45, 7) is 8.66. The largest absolute Gasteiger partial charge is 0.356 e. The second kappa shape index (κ2) is 7.07. The topological polar surface area (TPSA) is 81.7 Å². The summed E-state index contributed by atoms with van der Waals surface area (Å²) < 4.78 is 0. The van der Waals surface area contributed by atoms with Crippen LogP contribution in [0.5, 0.6) is 0 Å². The highest BCUT2D eigenvalue weighted by atomic mass is 79.9. The molecule has 1 rings (SSSR count). The zero-order valence-electron chi connectivity index (χ0n) is 13.2. The van der Waals surface area contributed by atoms with E-state index >= 15 is 0 Å². The van der Waals surface area contributed by atoms with Crippen molar-refractivity contribution >= 4 is 27.7 Å². The molecular formula is C14H26BrN3O3. The first-order valence-electron chi connectivity index (χ1n) is 7.22. The Labute approximate surface area is 134 Å². The molecule has 3 N–H and O–H groups in total. The minimum Gasteiger partial charge on any atom is -0.356 e. The zero-order valence-corrected chi connectivity index (χ0v) is 14.8. The molecule has 0 unspecified atom stereocenters. The number of carbonyl (C=O) groups excluding carboxylic acids is 2. The van der Waals surface area contributed by atoms with Crippen molar-refractivity contribution in [3.63, 3.8) is 0 Å². The molecule has 0 saturated carbocycles. The summed E-state index contributed by atoms with van der Waals surface area (Å²) in [6, 6.07) is 0. The van der Waals surface area contributed by atoms with Gasteiger partial charge in [0, 0.05) is 18.6 Å². The summed E-state index contributed by atoms with van der Waals surface area (Å²) in [4.78, 5) is 23.3. The maximum atomic E-state index is 12.3. The summed E-state index contributed by atoms with van der Waals surface area (Å²) >= 11 is 3.07. The average Bonchev–Trinajstić information content (AvgIpc) is 2.58. The molecule has 6 nitrogen and oxygen atoms in total. The van der Waals surface area contributed by atoms with E-state index in [9.17, 15) is 14.8 Å². The molecule has 0 aromatic rings. The number of alkyl halides is 1. The van der Waals surface area contributed by atoms with Crippen LogP contribution in [-0.2, 0) is 9.59 Å². The lowest BCUT2D eigenvalue weighted by molar-refractivity contribution is -0.197. The van der Waals surface area contributed by atoms with E-state index in [4.69, 9.17) is 0 Å². The molecule has 122 valence electrons. The van der Waals surface area contributed by atoms with Gasteiger partial charge in [-0.05, 0) is 40.5 Å². The molecule has 0 bridgehead atoms. The Hall–Kier alpha value is -0.660. The molecule has 0 spiro atoms. The van der Waals surface area contributed by atoms with Gasteiger partial charge in [0.05, 0.1) is 16.8 Å². The van der Waals surface area contributed by atoms with Gasteiger partial charge < -0.3 is 15.8 Å². The number of nitrogens with one attached hydrogen (secondary N) is 2. The fourth-order valence-electron chi connectivity index (χ4n) is 2.88. The Morgan fingerprint density at radius 1 is 1.24 bits per heavy atom. The van der Waals surface area contributed by atoms with E-state index in [0.29, 0.717) is 25.9 Å². The van der Waals surface area contributed by atoms with Gasteiger partial charge in [0.2, 0.25) is 11.8 Å². The molecule has 7 heteroatoms. The van der Waals surface area contributed by atoms with Crippen LogP contribution in [0.3, 0.4) is 0 Å².